The van der Waals surface area contributed by atoms with E-state index in [1.54, 1.807) is 18.0 Å². The molecule has 3 N–H and O–H groups in total. The van der Waals surface area contributed by atoms with Gasteiger partial charge in [0.25, 0.3) is 5.91 Å². The van der Waals surface area contributed by atoms with E-state index >= 15 is 0 Å². The Bertz CT molecular complexity index is 623. The lowest BCUT2D eigenvalue weighted by molar-refractivity contribution is 0.0789. The second-order valence-corrected chi connectivity index (χ2v) is 5.18. The Balaban J connectivity index is 2.28. The predicted molar refractivity (Wildman–Crippen MR) is 80.8 cm³/mol. The van der Waals surface area contributed by atoms with Crippen LogP contribution in [0.15, 0.2) is 36.4 Å². The van der Waals surface area contributed by atoms with Gasteiger partial charge in [-0.3, -0.25) is 4.79 Å². The lowest BCUT2D eigenvalue weighted by Gasteiger charge is -2.19. The molecule has 0 saturated heterocycles. The van der Waals surface area contributed by atoms with Gasteiger partial charge in [0, 0.05) is 25.0 Å². The number of nitrogens with two attached hydrogens (primary N) is 1. The van der Waals surface area contributed by atoms with Crippen molar-refractivity contribution in [2.45, 2.75) is 19.4 Å². The number of benzene rings is 2. The molecular formula is C16H20N2O2. The van der Waals surface area contributed by atoms with Gasteiger partial charge >= 0.3 is 0 Å². The van der Waals surface area contributed by atoms with Gasteiger partial charge < -0.3 is 15.7 Å². The smallest absolute Gasteiger partial charge is 0.257 e. The maximum absolute atomic E-state index is 12.3. The minimum absolute atomic E-state index is 0.0424. The van der Waals surface area contributed by atoms with Crippen molar-refractivity contribution in [3.63, 3.8) is 0 Å². The fraction of sp³-hybridized carbons (Fsp3) is 0.312. The van der Waals surface area contributed by atoms with Crippen LogP contribution in [0.25, 0.3) is 10.8 Å². The largest absolute Gasteiger partial charge is 0.506 e. The van der Waals surface area contributed by atoms with E-state index in [2.05, 4.69) is 0 Å². The first kappa shape index (κ1) is 14.3. The highest BCUT2D eigenvalue weighted by atomic mass is 16.3. The van der Waals surface area contributed by atoms with Crippen molar-refractivity contribution in [3.8, 4) is 5.75 Å². The van der Waals surface area contributed by atoms with Gasteiger partial charge in [0.05, 0.1) is 5.56 Å². The molecule has 0 aliphatic carbocycles. The van der Waals surface area contributed by atoms with Crippen LogP contribution < -0.4 is 5.73 Å². The topological polar surface area (TPSA) is 66.6 Å². The van der Waals surface area contributed by atoms with Crippen LogP contribution in [0.4, 0.5) is 0 Å². The number of nitrogens with zero attached hydrogens (tertiary/aromatic N) is 1. The molecule has 1 atom stereocenters. The molecule has 2 aromatic rings. The van der Waals surface area contributed by atoms with E-state index < -0.39 is 0 Å². The summed E-state index contributed by atoms with van der Waals surface area (Å²) >= 11 is 0. The van der Waals surface area contributed by atoms with Gasteiger partial charge in [-0.15, -0.1) is 0 Å². The number of aromatic hydroxyl groups is 1. The average molecular weight is 272 g/mol. The van der Waals surface area contributed by atoms with Crippen LogP contribution in [0.3, 0.4) is 0 Å². The number of phenols is 1. The third-order valence-electron chi connectivity index (χ3n) is 3.40. The molecule has 0 radical (unpaired) electrons. The summed E-state index contributed by atoms with van der Waals surface area (Å²) in [5.74, 6) is -0.144. The fourth-order valence-corrected chi connectivity index (χ4v) is 2.13. The molecule has 4 heteroatoms. The number of hydrogen-bond donors (Lipinski definition) is 2. The van der Waals surface area contributed by atoms with Crippen LogP contribution in [0.1, 0.15) is 23.7 Å². The maximum atomic E-state index is 12.3. The molecule has 4 nitrogen and oxygen atoms in total. The molecular weight excluding hydrogens is 252 g/mol. The summed E-state index contributed by atoms with van der Waals surface area (Å²) in [6.45, 7) is 2.48. The number of carbonyl (C=O) groups is 1. The third kappa shape index (κ3) is 2.91. The Morgan fingerprint density at radius 2 is 2.00 bits per heavy atom. The standard InChI is InChI=1S/C16H20N2O2/c1-11(17)9-10-18(2)16(20)14-8-7-12-5-3-4-6-13(12)15(14)19/h3-8,11,19H,9-10,17H2,1-2H3. The molecule has 0 fully saturated rings. The number of rotatable bonds is 4. The highest BCUT2D eigenvalue weighted by Crippen LogP contribution is 2.29. The monoisotopic (exact) mass is 272 g/mol. The first-order valence-electron chi connectivity index (χ1n) is 6.72. The van der Waals surface area contributed by atoms with E-state index in [1.165, 1.54) is 0 Å². The summed E-state index contributed by atoms with van der Waals surface area (Å²) in [5, 5.41) is 11.9. The van der Waals surface area contributed by atoms with E-state index in [0.717, 1.165) is 11.8 Å². The molecule has 0 aromatic heterocycles. The molecule has 2 aromatic carbocycles. The molecule has 20 heavy (non-hydrogen) atoms. The molecule has 0 aliphatic rings. The van der Waals surface area contributed by atoms with Gasteiger partial charge in [0.2, 0.25) is 0 Å². The zero-order chi connectivity index (χ0) is 14.7. The van der Waals surface area contributed by atoms with Crippen molar-refractivity contribution < 1.29 is 9.90 Å². The number of amides is 1. The molecule has 0 bridgehead atoms. The van der Waals surface area contributed by atoms with Gasteiger partial charge in [-0.05, 0) is 24.8 Å². The molecule has 1 unspecified atom stereocenters. The Hall–Kier alpha value is -2.07. The fourth-order valence-electron chi connectivity index (χ4n) is 2.13. The van der Waals surface area contributed by atoms with Gasteiger partial charge in [-0.25, -0.2) is 0 Å². The normalized spacial score (nSPS) is 12.3. The quantitative estimate of drug-likeness (QED) is 0.898. The Morgan fingerprint density at radius 1 is 1.30 bits per heavy atom. The molecule has 0 saturated carbocycles. The van der Waals surface area contributed by atoms with Crippen LogP contribution in [0.2, 0.25) is 0 Å². The Morgan fingerprint density at radius 3 is 2.70 bits per heavy atom. The number of hydrogen-bond acceptors (Lipinski definition) is 3. The van der Waals surface area contributed by atoms with Crippen molar-refractivity contribution in [2.24, 2.45) is 5.73 Å². The van der Waals surface area contributed by atoms with Crippen LogP contribution in [-0.2, 0) is 0 Å². The lowest BCUT2D eigenvalue weighted by Crippen LogP contribution is -2.31. The van der Waals surface area contributed by atoms with Crippen molar-refractivity contribution in [1.82, 2.24) is 4.90 Å². The summed E-state index contributed by atoms with van der Waals surface area (Å²) < 4.78 is 0. The van der Waals surface area contributed by atoms with Gasteiger partial charge in [0.1, 0.15) is 5.75 Å². The maximum Gasteiger partial charge on any atom is 0.257 e. The highest BCUT2D eigenvalue weighted by Gasteiger charge is 2.17. The van der Waals surface area contributed by atoms with Crippen LogP contribution in [0.5, 0.6) is 5.75 Å². The van der Waals surface area contributed by atoms with Crippen LogP contribution in [0, 0.1) is 0 Å². The summed E-state index contributed by atoms with van der Waals surface area (Å²) in [6.07, 6.45) is 0.733. The minimum atomic E-state index is -0.186. The molecule has 2 rings (SSSR count). The van der Waals surface area contributed by atoms with Crippen molar-refractivity contribution in [1.29, 1.82) is 0 Å². The minimum Gasteiger partial charge on any atom is -0.506 e. The summed E-state index contributed by atoms with van der Waals surface area (Å²) in [6, 6.07) is 11.0. The Kier molecular flexibility index (Phi) is 4.25. The molecule has 1 amide bonds. The third-order valence-corrected chi connectivity index (χ3v) is 3.40. The van der Waals surface area contributed by atoms with Gasteiger partial charge in [0.15, 0.2) is 0 Å². The Labute approximate surface area is 118 Å². The van der Waals surface area contributed by atoms with E-state index in [9.17, 15) is 9.90 Å². The zero-order valence-corrected chi connectivity index (χ0v) is 11.8. The second-order valence-electron chi connectivity index (χ2n) is 5.18. The zero-order valence-electron chi connectivity index (χ0n) is 11.8. The predicted octanol–water partition coefficient (Wildman–Crippen LogP) is 2.35. The first-order chi connectivity index (χ1) is 9.50. The van der Waals surface area contributed by atoms with Crippen LogP contribution >= 0.6 is 0 Å². The van der Waals surface area contributed by atoms with Crippen molar-refractivity contribution in [3.05, 3.63) is 42.0 Å². The summed E-state index contributed by atoms with van der Waals surface area (Å²) in [4.78, 5) is 13.9. The molecule has 0 aliphatic heterocycles. The molecule has 0 heterocycles. The first-order valence-corrected chi connectivity index (χ1v) is 6.72. The number of fused-ring (bicyclic) bond motifs is 1. The summed E-state index contributed by atoms with van der Waals surface area (Å²) in [7, 11) is 1.72. The molecule has 0 spiro atoms. The number of carbonyl (C=O) groups excluding carboxylic acids is 1. The van der Waals surface area contributed by atoms with Crippen molar-refractivity contribution in [2.75, 3.05) is 13.6 Å². The average Bonchev–Trinajstić information content (AvgIpc) is 2.44. The van der Waals surface area contributed by atoms with E-state index in [4.69, 9.17) is 5.73 Å². The van der Waals surface area contributed by atoms with Crippen molar-refractivity contribution >= 4 is 16.7 Å². The van der Waals surface area contributed by atoms with Gasteiger partial charge in [-0.2, -0.15) is 0 Å². The van der Waals surface area contributed by atoms with Crippen LogP contribution in [-0.4, -0.2) is 35.5 Å². The second kappa shape index (κ2) is 5.92. The van der Waals surface area contributed by atoms with Gasteiger partial charge in [-0.1, -0.05) is 30.3 Å². The van der Waals surface area contributed by atoms with E-state index in [1.807, 2.05) is 37.3 Å². The van der Waals surface area contributed by atoms with E-state index in [-0.39, 0.29) is 17.7 Å². The number of phenolic OH excluding ortho intramolecular Hbond substituents is 1. The SMILES string of the molecule is CC(N)CCN(C)C(=O)c1ccc2ccccc2c1O. The lowest BCUT2D eigenvalue weighted by atomic mass is 10.0. The molecule has 106 valence electrons. The summed E-state index contributed by atoms with van der Waals surface area (Å²) in [5.41, 5.74) is 6.03. The highest BCUT2D eigenvalue weighted by molar-refractivity contribution is 6.03. The van der Waals surface area contributed by atoms with E-state index in [0.29, 0.717) is 17.5 Å².